The number of nitrogens with one attached hydrogen (secondary N) is 1. The van der Waals surface area contributed by atoms with Crippen LogP contribution >= 0.6 is 11.8 Å². The molecule has 0 bridgehead atoms. The zero-order valence-corrected chi connectivity index (χ0v) is 17.6. The van der Waals surface area contributed by atoms with Crippen LogP contribution in [0.2, 0.25) is 0 Å². The Morgan fingerprint density at radius 2 is 1.73 bits per heavy atom. The van der Waals surface area contributed by atoms with Crippen LogP contribution in [0.4, 0.5) is 4.79 Å². The van der Waals surface area contributed by atoms with Gasteiger partial charge >= 0.3 is 6.03 Å². The van der Waals surface area contributed by atoms with Gasteiger partial charge in [-0.2, -0.15) is 0 Å². The van der Waals surface area contributed by atoms with Crippen molar-refractivity contribution < 1.29 is 14.7 Å². The molecule has 1 saturated carbocycles. The quantitative estimate of drug-likeness (QED) is 0.792. The van der Waals surface area contributed by atoms with Gasteiger partial charge in [-0.25, -0.2) is 4.79 Å². The molecule has 2 aliphatic heterocycles. The minimum atomic E-state index is -1.46. The lowest BCUT2D eigenvalue weighted by molar-refractivity contribution is -0.145. The fourth-order valence-corrected chi connectivity index (χ4v) is 7.05. The number of urea groups is 1. The van der Waals surface area contributed by atoms with E-state index in [1.807, 2.05) is 41.3 Å². The Labute approximate surface area is 180 Å². The third-order valence-corrected chi connectivity index (χ3v) is 8.38. The first kappa shape index (κ1) is 19.6. The topological polar surface area (TPSA) is 69.6 Å². The first-order valence-corrected chi connectivity index (χ1v) is 11.6. The van der Waals surface area contributed by atoms with Crippen molar-refractivity contribution >= 4 is 23.6 Å². The van der Waals surface area contributed by atoms with Crippen molar-refractivity contribution in [3.63, 3.8) is 0 Å². The van der Waals surface area contributed by atoms with E-state index >= 15 is 0 Å². The Morgan fingerprint density at radius 1 is 1.03 bits per heavy atom. The van der Waals surface area contributed by atoms with Crippen molar-refractivity contribution in [2.24, 2.45) is 0 Å². The number of benzene rings is 2. The molecule has 0 spiro atoms. The molecule has 156 valence electrons. The number of hydrogen-bond acceptors (Lipinski definition) is 4. The van der Waals surface area contributed by atoms with E-state index in [0.717, 1.165) is 24.0 Å². The van der Waals surface area contributed by atoms with Crippen LogP contribution in [-0.4, -0.2) is 45.3 Å². The van der Waals surface area contributed by atoms with Gasteiger partial charge in [-0.05, 0) is 30.4 Å². The highest BCUT2D eigenvalue weighted by atomic mass is 32.2. The number of Topliss-reactive ketones (excluding diaryl/α,β-unsaturated/α-hetero) is 1. The summed E-state index contributed by atoms with van der Waals surface area (Å²) in [4.78, 5) is 27.3. The van der Waals surface area contributed by atoms with E-state index in [1.165, 1.54) is 0 Å². The average Bonchev–Trinajstić information content (AvgIpc) is 3.32. The Balaban J connectivity index is 1.56. The summed E-state index contributed by atoms with van der Waals surface area (Å²) in [6, 6.07) is 19.3. The van der Waals surface area contributed by atoms with E-state index in [4.69, 9.17) is 0 Å². The molecule has 30 heavy (non-hydrogen) atoms. The molecule has 0 aromatic heterocycles. The van der Waals surface area contributed by atoms with Crippen molar-refractivity contribution in [2.45, 2.75) is 54.7 Å². The lowest BCUT2D eigenvalue weighted by Crippen LogP contribution is -2.60. The zero-order valence-electron chi connectivity index (χ0n) is 16.8. The van der Waals surface area contributed by atoms with Gasteiger partial charge in [0.05, 0.1) is 12.1 Å². The van der Waals surface area contributed by atoms with E-state index in [2.05, 4.69) is 29.6 Å². The van der Waals surface area contributed by atoms with E-state index in [9.17, 15) is 14.7 Å². The molecule has 2 amide bonds. The maximum atomic E-state index is 13.3. The summed E-state index contributed by atoms with van der Waals surface area (Å²) in [5.41, 5.74) is 0.755. The largest absolute Gasteiger partial charge is 0.380 e. The van der Waals surface area contributed by atoms with Gasteiger partial charge in [-0.3, -0.25) is 9.69 Å². The average molecular weight is 423 g/mol. The number of hydrogen-bond donors (Lipinski definition) is 2. The molecular formula is C24H26N2O3S. The van der Waals surface area contributed by atoms with Crippen molar-refractivity contribution in [3.05, 3.63) is 71.8 Å². The monoisotopic (exact) mass is 422 g/mol. The zero-order chi connectivity index (χ0) is 20.8. The number of carbonyl (C=O) groups is 2. The number of aliphatic hydroxyl groups is 1. The van der Waals surface area contributed by atoms with Crippen LogP contribution in [0.25, 0.3) is 0 Å². The molecule has 3 fully saturated rings. The predicted octanol–water partition coefficient (Wildman–Crippen LogP) is 3.47. The van der Waals surface area contributed by atoms with E-state index < -0.39 is 16.5 Å². The first-order valence-electron chi connectivity index (χ1n) is 10.6. The molecule has 0 radical (unpaired) electrons. The van der Waals surface area contributed by atoms with Gasteiger partial charge in [-0.15, -0.1) is 11.8 Å². The lowest BCUT2D eigenvalue weighted by Gasteiger charge is -2.39. The summed E-state index contributed by atoms with van der Waals surface area (Å²) < 4.78 is 0. The van der Waals surface area contributed by atoms with Crippen LogP contribution in [0.5, 0.6) is 0 Å². The second kappa shape index (κ2) is 7.43. The molecular weight excluding hydrogens is 396 g/mol. The molecule has 4 atom stereocenters. The fraction of sp³-hybridized carbons (Fsp3) is 0.417. The summed E-state index contributed by atoms with van der Waals surface area (Å²) in [6.07, 6.45) is 3.10. The van der Waals surface area contributed by atoms with Gasteiger partial charge in [0.15, 0.2) is 5.78 Å². The molecule has 5 rings (SSSR count). The summed E-state index contributed by atoms with van der Waals surface area (Å²) in [5, 5.41) is 14.3. The first-order chi connectivity index (χ1) is 14.5. The number of amides is 2. The second-order valence-electron chi connectivity index (χ2n) is 8.54. The summed E-state index contributed by atoms with van der Waals surface area (Å²) >= 11 is 1.74. The fourth-order valence-electron chi connectivity index (χ4n) is 5.33. The van der Waals surface area contributed by atoms with Crippen LogP contribution < -0.4 is 5.32 Å². The smallest absolute Gasteiger partial charge is 0.319 e. The molecule has 1 aliphatic carbocycles. The number of carbonyl (C=O) groups excluding carboxylic acids is 2. The molecule has 6 heteroatoms. The molecule has 2 saturated heterocycles. The molecule has 1 unspecified atom stereocenters. The summed E-state index contributed by atoms with van der Waals surface area (Å²) in [6.45, 7) is 0. The molecule has 2 aromatic rings. The highest BCUT2D eigenvalue weighted by Gasteiger charge is 2.62. The Kier molecular flexibility index (Phi) is 4.86. The number of nitrogens with zero attached hydrogens (tertiary/aromatic N) is 1. The SMILES string of the molecule is O=C1N[C@H](C2(O)CCCCC2=O)[C@@H]2CS[C@@](Cc3ccccc3)(c3ccccc3)N12. The van der Waals surface area contributed by atoms with Gasteiger partial charge in [0.2, 0.25) is 0 Å². The maximum Gasteiger partial charge on any atom is 0.319 e. The number of ketones is 1. The van der Waals surface area contributed by atoms with E-state index in [0.29, 0.717) is 25.0 Å². The second-order valence-corrected chi connectivity index (χ2v) is 9.84. The highest BCUT2D eigenvalue weighted by Crippen LogP contribution is 2.53. The number of fused-ring (bicyclic) bond motifs is 1. The van der Waals surface area contributed by atoms with Crippen molar-refractivity contribution in [1.82, 2.24) is 10.2 Å². The van der Waals surface area contributed by atoms with Crippen LogP contribution in [0.3, 0.4) is 0 Å². The van der Waals surface area contributed by atoms with Gasteiger partial charge in [0, 0.05) is 18.6 Å². The third-order valence-electron chi connectivity index (χ3n) is 6.82. The van der Waals surface area contributed by atoms with Gasteiger partial charge < -0.3 is 10.4 Å². The minimum absolute atomic E-state index is 0.133. The molecule has 2 heterocycles. The normalized spacial score (nSPS) is 33.4. The molecule has 3 aliphatic rings. The van der Waals surface area contributed by atoms with Crippen LogP contribution in [0.15, 0.2) is 60.7 Å². The number of thioether (sulfide) groups is 1. The van der Waals surface area contributed by atoms with Gasteiger partial charge in [0.25, 0.3) is 0 Å². The van der Waals surface area contributed by atoms with Crippen molar-refractivity contribution in [2.75, 3.05) is 5.75 Å². The van der Waals surface area contributed by atoms with Gasteiger partial charge in [-0.1, -0.05) is 60.7 Å². The van der Waals surface area contributed by atoms with E-state index in [-0.39, 0.29) is 17.9 Å². The predicted molar refractivity (Wildman–Crippen MR) is 117 cm³/mol. The summed E-state index contributed by atoms with van der Waals surface area (Å²) in [7, 11) is 0. The van der Waals surface area contributed by atoms with E-state index in [1.54, 1.807) is 11.8 Å². The Morgan fingerprint density at radius 3 is 2.43 bits per heavy atom. The maximum absolute atomic E-state index is 13.3. The van der Waals surface area contributed by atoms with Crippen LogP contribution in [0.1, 0.15) is 36.8 Å². The summed E-state index contributed by atoms with van der Waals surface area (Å²) in [5.74, 6) is 0.548. The van der Waals surface area contributed by atoms with Crippen LogP contribution in [-0.2, 0) is 16.1 Å². The van der Waals surface area contributed by atoms with Gasteiger partial charge in [0.1, 0.15) is 10.5 Å². The lowest BCUT2D eigenvalue weighted by atomic mass is 9.76. The Bertz CT molecular complexity index is 953. The van der Waals surface area contributed by atoms with Crippen LogP contribution in [0, 0.1) is 0 Å². The number of rotatable bonds is 4. The standard InChI is InChI=1S/C24H26N2O3S/c27-20-13-7-8-14-23(20,29)21-19-16-30-24(26(19)22(28)25-21,18-11-5-2-6-12-18)15-17-9-3-1-4-10-17/h1-6,9-12,19,21,29H,7-8,13-16H2,(H,25,28)/t19-,21-,23?,24-/m0/s1. The molecule has 2 aromatic carbocycles. The molecule has 5 nitrogen and oxygen atoms in total. The van der Waals surface area contributed by atoms with Crippen molar-refractivity contribution in [3.8, 4) is 0 Å². The third kappa shape index (κ3) is 2.96. The Hall–Kier alpha value is -2.31. The van der Waals surface area contributed by atoms with Crippen molar-refractivity contribution in [1.29, 1.82) is 0 Å². The molecule has 2 N–H and O–H groups in total. The highest BCUT2D eigenvalue weighted by molar-refractivity contribution is 8.00. The minimum Gasteiger partial charge on any atom is -0.380 e.